The third-order valence-corrected chi connectivity index (χ3v) is 7.08. The first-order chi connectivity index (χ1) is 14.0. The van der Waals surface area contributed by atoms with Crippen molar-refractivity contribution in [3.63, 3.8) is 0 Å². The summed E-state index contributed by atoms with van der Waals surface area (Å²) in [6.45, 7) is 1.87. The van der Waals surface area contributed by atoms with Gasteiger partial charge in [-0.3, -0.25) is 9.69 Å². The summed E-state index contributed by atoms with van der Waals surface area (Å²) in [4.78, 5) is 27.5. The van der Waals surface area contributed by atoms with Gasteiger partial charge in [0.05, 0.1) is 8.96 Å². The van der Waals surface area contributed by atoms with Gasteiger partial charge in [0.15, 0.2) is 6.10 Å². The van der Waals surface area contributed by atoms with Crippen molar-refractivity contribution in [2.75, 3.05) is 5.75 Å². The van der Waals surface area contributed by atoms with Gasteiger partial charge in [-0.1, -0.05) is 60.7 Å². The number of halogens is 2. The smallest absolute Gasteiger partial charge is 0.356 e. The Morgan fingerprint density at radius 1 is 1.07 bits per heavy atom. The zero-order chi connectivity index (χ0) is 20.5. The number of rotatable bonds is 4. The maximum Gasteiger partial charge on any atom is 0.356 e. The van der Waals surface area contributed by atoms with E-state index in [0.29, 0.717) is 20.4 Å². The van der Waals surface area contributed by atoms with Gasteiger partial charge < -0.3 is 4.74 Å². The van der Waals surface area contributed by atoms with E-state index in [0.717, 1.165) is 16.7 Å². The summed E-state index contributed by atoms with van der Waals surface area (Å²) in [5, 5.41) is -0.186. The number of fused-ring (bicyclic) bond motifs is 1. The molecule has 4 nitrogen and oxygen atoms in total. The van der Waals surface area contributed by atoms with Crippen molar-refractivity contribution in [1.29, 1.82) is 0 Å². The predicted octanol–water partition coefficient (Wildman–Crippen LogP) is 5.51. The van der Waals surface area contributed by atoms with E-state index in [1.54, 1.807) is 11.8 Å². The van der Waals surface area contributed by atoms with E-state index in [9.17, 15) is 9.59 Å². The van der Waals surface area contributed by atoms with Crippen LogP contribution in [0.15, 0.2) is 80.9 Å². The lowest BCUT2D eigenvalue weighted by molar-refractivity contribution is -0.149. The molecule has 2 aliphatic rings. The number of thioether (sulfide) groups is 1. The molecule has 4 rings (SSSR count). The molecule has 7 heteroatoms. The van der Waals surface area contributed by atoms with Gasteiger partial charge in [0.1, 0.15) is 11.1 Å². The Hall–Kier alpha value is -1.83. The Morgan fingerprint density at radius 3 is 2.14 bits per heavy atom. The van der Waals surface area contributed by atoms with Crippen molar-refractivity contribution in [1.82, 2.24) is 4.90 Å². The van der Waals surface area contributed by atoms with E-state index in [-0.39, 0.29) is 11.3 Å². The minimum atomic E-state index is -0.549. The first-order valence-corrected chi connectivity index (χ1v) is 11.6. The van der Waals surface area contributed by atoms with Crippen molar-refractivity contribution < 1.29 is 14.3 Å². The lowest BCUT2D eigenvalue weighted by atomic mass is 10.0. The van der Waals surface area contributed by atoms with Gasteiger partial charge >= 0.3 is 5.97 Å². The molecule has 0 spiro atoms. The van der Waals surface area contributed by atoms with Gasteiger partial charge in [-0.15, -0.1) is 11.8 Å². The molecule has 0 unspecified atom stereocenters. The number of β-lactam (4-membered cyclic amide) rings is 1. The van der Waals surface area contributed by atoms with Crippen LogP contribution in [-0.4, -0.2) is 27.9 Å². The zero-order valence-corrected chi connectivity index (χ0v) is 19.5. The maximum absolute atomic E-state index is 13.3. The summed E-state index contributed by atoms with van der Waals surface area (Å²) in [5.41, 5.74) is 3.59. The van der Waals surface area contributed by atoms with Crippen LogP contribution in [0.5, 0.6) is 0 Å². The Kier molecular flexibility index (Phi) is 5.99. The number of esters is 1. The minimum Gasteiger partial charge on any atom is -0.448 e. The molecular formula is C22H17Br2NO3S. The van der Waals surface area contributed by atoms with Crippen LogP contribution in [0.1, 0.15) is 24.2 Å². The highest BCUT2D eigenvalue weighted by Gasteiger charge is 2.50. The zero-order valence-electron chi connectivity index (χ0n) is 15.5. The molecule has 2 aromatic rings. The number of nitrogens with zero attached hydrogens (tertiary/aromatic N) is 1. The quantitative estimate of drug-likeness (QED) is 0.295. The molecule has 0 N–H and O–H groups in total. The molecule has 2 aliphatic heterocycles. The van der Waals surface area contributed by atoms with E-state index in [1.807, 2.05) is 67.6 Å². The summed E-state index contributed by atoms with van der Waals surface area (Å²) in [6, 6.07) is 19.3. The number of hydrogen-bond donors (Lipinski definition) is 0. The average molecular weight is 535 g/mol. The summed E-state index contributed by atoms with van der Waals surface area (Å²) in [7, 11) is 0. The molecule has 0 aromatic heterocycles. The van der Waals surface area contributed by atoms with Gasteiger partial charge in [-0.2, -0.15) is 0 Å². The van der Waals surface area contributed by atoms with Crippen molar-refractivity contribution >= 4 is 55.5 Å². The Morgan fingerprint density at radius 2 is 1.62 bits per heavy atom. The molecular weight excluding hydrogens is 518 g/mol. The second-order valence-corrected chi connectivity index (χ2v) is 10.5. The van der Waals surface area contributed by atoms with Gasteiger partial charge in [0, 0.05) is 5.75 Å². The summed E-state index contributed by atoms with van der Waals surface area (Å²) >= 11 is 8.28. The highest BCUT2D eigenvalue weighted by Crippen LogP contribution is 2.47. The molecule has 1 atom stereocenters. The third-order valence-electron chi connectivity index (χ3n) is 4.86. The van der Waals surface area contributed by atoms with Crippen molar-refractivity contribution in [3.8, 4) is 0 Å². The van der Waals surface area contributed by atoms with E-state index in [2.05, 4.69) is 31.9 Å². The minimum absolute atomic E-state index is 0.186. The van der Waals surface area contributed by atoms with Crippen LogP contribution in [0.25, 0.3) is 0 Å². The SMILES string of the molecule is CC1=C(C(=O)OC(c2ccccc2)c2ccccc2)N2C(=O)C(=C(Br)Br)[C@@H]2SC1. The molecule has 0 bridgehead atoms. The van der Waals surface area contributed by atoms with E-state index in [1.165, 1.54) is 4.90 Å². The topological polar surface area (TPSA) is 46.6 Å². The standard InChI is InChI=1S/C22H17Br2NO3S/c1-13-12-29-21-16(19(23)24)20(26)25(21)17(13)22(27)28-18(14-8-4-2-5-9-14)15-10-6-3-7-11-15/h2-11,18,21H,12H2,1H3/t21-/m0/s1. The molecule has 1 fully saturated rings. The summed E-state index contributed by atoms with van der Waals surface area (Å²) in [6.07, 6.45) is -0.549. The highest BCUT2D eigenvalue weighted by molar-refractivity contribution is 9.28. The van der Waals surface area contributed by atoms with Crippen molar-refractivity contribution in [2.45, 2.75) is 18.4 Å². The van der Waals surface area contributed by atoms with Gasteiger partial charge in [-0.25, -0.2) is 4.79 Å². The fraction of sp³-hybridized carbons (Fsp3) is 0.182. The van der Waals surface area contributed by atoms with Crippen LogP contribution in [0, 0.1) is 0 Å². The number of amides is 1. The molecule has 0 aliphatic carbocycles. The van der Waals surface area contributed by atoms with E-state index >= 15 is 0 Å². The molecule has 2 aromatic carbocycles. The number of carbonyl (C=O) groups is 2. The molecule has 148 valence electrons. The largest absolute Gasteiger partial charge is 0.448 e. The fourth-order valence-electron chi connectivity index (χ4n) is 3.45. The van der Waals surface area contributed by atoms with Crippen LogP contribution < -0.4 is 0 Å². The van der Waals surface area contributed by atoms with Crippen LogP contribution in [0.2, 0.25) is 0 Å². The summed E-state index contributed by atoms with van der Waals surface area (Å²) < 4.78 is 6.62. The van der Waals surface area contributed by atoms with Gasteiger partial charge in [0.2, 0.25) is 0 Å². The lowest BCUT2D eigenvalue weighted by Gasteiger charge is -2.46. The van der Waals surface area contributed by atoms with Crippen LogP contribution in [0.3, 0.4) is 0 Å². The molecule has 0 radical (unpaired) electrons. The normalized spacial score (nSPS) is 18.5. The second-order valence-electron chi connectivity index (χ2n) is 6.75. The third kappa shape index (κ3) is 3.83. The van der Waals surface area contributed by atoms with Crippen LogP contribution >= 0.6 is 43.6 Å². The van der Waals surface area contributed by atoms with Crippen LogP contribution in [0.4, 0.5) is 0 Å². The van der Waals surface area contributed by atoms with Gasteiger partial charge in [0.25, 0.3) is 5.91 Å². The van der Waals surface area contributed by atoms with E-state index < -0.39 is 12.1 Å². The van der Waals surface area contributed by atoms with Crippen molar-refractivity contribution in [2.24, 2.45) is 0 Å². The first-order valence-electron chi connectivity index (χ1n) is 9.00. The molecule has 1 amide bonds. The Bertz CT molecular complexity index is 977. The fourth-order valence-corrected chi connectivity index (χ4v) is 5.81. The van der Waals surface area contributed by atoms with E-state index in [4.69, 9.17) is 4.74 Å². The molecule has 2 heterocycles. The Labute approximate surface area is 190 Å². The summed E-state index contributed by atoms with van der Waals surface area (Å²) in [5.74, 6) is -0.00592. The van der Waals surface area contributed by atoms with Gasteiger partial charge in [-0.05, 0) is 55.5 Å². The predicted molar refractivity (Wildman–Crippen MR) is 121 cm³/mol. The Balaban J connectivity index is 1.66. The second kappa shape index (κ2) is 8.50. The number of carbonyl (C=O) groups excluding carboxylic acids is 2. The molecule has 0 saturated carbocycles. The number of benzene rings is 2. The lowest BCUT2D eigenvalue weighted by Crippen LogP contribution is -2.56. The van der Waals surface area contributed by atoms with Crippen LogP contribution in [-0.2, 0) is 14.3 Å². The molecule has 1 saturated heterocycles. The monoisotopic (exact) mass is 533 g/mol. The number of hydrogen-bond acceptors (Lipinski definition) is 4. The first kappa shape index (κ1) is 20.4. The highest BCUT2D eigenvalue weighted by atomic mass is 79.9. The average Bonchev–Trinajstić information content (AvgIpc) is 2.73. The van der Waals surface area contributed by atoms with Crippen molar-refractivity contribution in [3.05, 3.63) is 92.0 Å². The maximum atomic E-state index is 13.3. The number of ether oxygens (including phenoxy) is 1. The molecule has 29 heavy (non-hydrogen) atoms.